The maximum Gasteiger partial charge on any atom is 0.168 e. The number of halogens is 1. The van der Waals surface area contributed by atoms with E-state index in [1.165, 1.54) is 0 Å². The molecule has 1 N–H and O–H groups in total. The molecule has 28 heavy (non-hydrogen) atoms. The van der Waals surface area contributed by atoms with E-state index in [1.54, 1.807) is 0 Å². The Morgan fingerprint density at radius 1 is 1.04 bits per heavy atom. The van der Waals surface area contributed by atoms with Crippen molar-refractivity contribution in [3.8, 4) is 0 Å². The first-order chi connectivity index (χ1) is 13.4. The first-order valence-corrected chi connectivity index (χ1v) is 9.81. The Hall–Kier alpha value is -2.78. The van der Waals surface area contributed by atoms with Gasteiger partial charge in [0.05, 0.1) is 18.0 Å². The Labute approximate surface area is 169 Å². The van der Waals surface area contributed by atoms with E-state index in [0.717, 1.165) is 27.6 Å². The van der Waals surface area contributed by atoms with Crippen LogP contribution >= 0.6 is 11.6 Å². The monoisotopic (exact) mass is 389 g/mol. The standard InChI is InChI=1S/C24H20ClNO2/c1-24(2)13-19(27)21-22(15-7-10-16(25)11-8-15)26-18-12-9-14-5-3-4-6-17(14)20(18)23(21)28-24/h3-12,22,26H,13H2,1-2H3/t22-/m0/s1. The summed E-state index contributed by atoms with van der Waals surface area (Å²) in [5.41, 5.74) is 3.10. The number of hydrogen-bond acceptors (Lipinski definition) is 3. The number of fused-ring (bicyclic) bond motifs is 4. The van der Waals surface area contributed by atoms with Crippen LogP contribution in [0.2, 0.25) is 5.02 Å². The fourth-order valence-corrected chi connectivity index (χ4v) is 4.35. The summed E-state index contributed by atoms with van der Waals surface area (Å²) >= 11 is 6.08. The highest BCUT2D eigenvalue weighted by Crippen LogP contribution is 2.48. The Kier molecular flexibility index (Phi) is 3.78. The molecule has 4 heteroatoms. The van der Waals surface area contributed by atoms with Crippen molar-refractivity contribution in [3.63, 3.8) is 0 Å². The van der Waals surface area contributed by atoms with Gasteiger partial charge in [0.25, 0.3) is 0 Å². The van der Waals surface area contributed by atoms with Crippen molar-refractivity contribution in [3.05, 3.63) is 82.4 Å². The minimum absolute atomic E-state index is 0.122. The van der Waals surface area contributed by atoms with Gasteiger partial charge in [0.1, 0.15) is 11.4 Å². The van der Waals surface area contributed by atoms with Crippen LogP contribution in [0.4, 0.5) is 5.69 Å². The molecule has 0 bridgehead atoms. The van der Waals surface area contributed by atoms with Crippen LogP contribution in [0.3, 0.4) is 0 Å². The minimum atomic E-state index is -0.536. The van der Waals surface area contributed by atoms with Gasteiger partial charge in [0.2, 0.25) is 0 Å². The second kappa shape index (κ2) is 6.11. The fraction of sp³-hybridized carbons (Fsp3) is 0.208. The van der Waals surface area contributed by atoms with Crippen molar-refractivity contribution in [2.24, 2.45) is 0 Å². The molecule has 0 radical (unpaired) electrons. The average molecular weight is 390 g/mol. The molecule has 0 spiro atoms. The van der Waals surface area contributed by atoms with Crippen LogP contribution in [0.25, 0.3) is 16.5 Å². The molecule has 0 saturated carbocycles. The molecule has 2 aliphatic rings. The summed E-state index contributed by atoms with van der Waals surface area (Å²) in [6.07, 6.45) is 0.359. The maximum absolute atomic E-state index is 13.2. The lowest BCUT2D eigenvalue weighted by Crippen LogP contribution is -2.38. The highest BCUT2D eigenvalue weighted by atomic mass is 35.5. The van der Waals surface area contributed by atoms with Gasteiger partial charge in [0.15, 0.2) is 5.78 Å². The number of Topliss-reactive ketones (excluding diaryl/α,β-unsaturated/α-hetero) is 1. The summed E-state index contributed by atoms with van der Waals surface area (Å²) in [4.78, 5) is 13.2. The molecular formula is C24H20ClNO2. The zero-order valence-corrected chi connectivity index (χ0v) is 16.5. The molecule has 3 nitrogen and oxygen atoms in total. The largest absolute Gasteiger partial charge is 0.486 e. The lowest BCUT2D eigenvalue weighted by Gasteiger charge is -2.40. The Morgan fingerprint density at radius 3 is 2.57 bits per heavy atom. The normalized spacial score (nSPS) is 20.2. The van der Waals surface area contributed by atoms with Crippen molar-refractivity contribution in [2.75, 3.05) is 5.32 Å². The molecular weight excluding hydrogens is 370 g/mol. The number of anilines is 1. The molecule has 0 aliphatic carbocycles. The van der Waals surface area contributed by atoms with Crippen molar-refractivity contribution in [1.82, 2.24) is 0 Å². The summed E-state index contributed by atoms with van der Waals surface area (Å²) in [5.74, 6) is 0.823. The van der Waals surface area contributed by atoms with Gasteiger partial charge in [-0.1, -0.05) is 54.1 Å². The maximum atomic E-state index is 13.2. The highest BCUT2D eigenvalue weighted by molar-refractivity contribution is 6.30. The van der Waals surface area contributed by atoms with Crippen LogP contribution in [0.5, 0.6) is 0 Å². The summed E-state index contributed by atoms with van der Waals surface area (Å²) in [6.45, 7) is 3.94. The van der Waals surface area contributed by atoms with Gasteiger partial charge in [-0.15, -0.1) is 0 Å². The highest BCUT2D eigenvalue weighted by Gasteiger charge is 2.42. The minimum Gasteiger partial charge on any atom is -0.486 e. The predicted molar refractivity (Wildman–Crippen MR) is 113 cm³/mol. The van der Waals surface area contributed by atoms with E-state index < -0.39 is 5.60 Å². The van der Waals surface area contributed by atoms with Crippen molar-refractivity contribution in [2.45, 2.75) is 31.9 Å². The topological polar surface area (TPSA) is 38.3 Å². The lowest BCUT2D eigenvalue weighted by atomic mass is 9.81. The molecule has 2 aliphatic heterocycles. The third kappa shape index (κ3) is 2.70. The van der Waals surface area contributed by atoms with E-state index in [-0.39, 0.29) is 11.8 Å². The van der Waals surface area contributed by atoms with E-state index in [1.807, 2.05) is 50.2 Å². The SMILES string of the molecule is CC1(C)CC(=O)C2=C(O1)c1c(ccc3ccccc13)N[C@H]2c1ccc(Cl)cc1. The predicted octanol–water partition coefficient (Wildman–Crippen LogP) is 6.14. The molecule has 2 heterocycles. The van der Waals surface area contributed by atoms with Gasteiger partial charge >= 0.3 is 0 Å². The zero-order valence-electron chi connectivity index (χ0n) is 15.8. The second-order valence-corrected chi connectivity index (χ2v) is 8.48. The molecule has 3 aromatic carbocycles. The number of carbonyl (C=O) groups is 1. The lowest BCUT2D eigenvalue weighted by molar-refractivity contribution is -0.121. The number of carbonyl (C=O) groups excluding carboxylic acids is 1. The van der Waals surface area contributed by atoms with Crippen LogP contribution < -0.4 is 5.32 Å². The number of ether oxygens (including phenoxy) is 1. The summed E-state index contributed by atoms with van der Waals surface area (Å²) < 4.78 is 6.45. The van der Waals surface area contributed by atoms with Crippen LogP contribution in [0.15, 0.2) is 66.2 Å². The van der Waals surface area contributed by atoms with Crippen molar-refractivity contribution in [1.29, 1.82) is 0 Å². The molecule has 0 unspecified atom stereocenters. The molecule has 0 amide bonds. The molecule has 140 valence electrons. The van der Waals surface area contributed by atoms with Gasteiger partial charge in [-0.25, -0.2) is 0 Å². The molecule has 0 saturated heterocycles. The second-order valence-electron chi connectivity index (χ2n) is 8.04. The van der Waals surface area contributed by atoms with E-state index in [2.05, 4.69) is 29.6 Å². The zero-order chi connectivity index (χ0) is 19.5. The summed E-state index contributed by atoms with van der Waals surface area (Å²) in [5, 5.41) is 6.46. The Bertz CT molecular complexity index is 1140. The van der Waals surface area contributed by atoms with Crippen LogP contribution in [-0.4, -0.2) is 11.4 Å². The quantitative estimate of drug-likeness (QED) is 0.543. The smallest absolute Gasteiger partial charge is 0.168 e. The van der Waals surface area contributed by atoms with Gasteiger partial charge in [0, 0.05) is 16.3 Å². The molecule has 1 atom stereocenters. The van der Waals surface area contributed by atoms with E-state index >= 15 is 0 Å². The third-order valence-electron chi connectivity index (χ3n) is 5.46. The third-order valence-corrected chi connectivity index (χ3v) is 5.71. The molecule has 0 aromatic heterocycles. The van der Waals surface area contributed by atoms with E-state index in [0.29, 0.717) is 22.8 Å². The van der Waals surface area contributed by atoms with Crippen LogP contribution in [-0.2, 0) is 9.53 Å². The van der Waals surface area contributed by atoms with Crippen LogP contribution in [0, 0.1) is 0 Å². The van der Waals surface area contributed by atoms with E-state index in [4.69, 9.17) is 16.3 Å². The Morgan fingerprint density at radius 2 is 1.79 bits per heavy atom. The van der Waals surface area contributed by atoms with Crippen molar-refractivity contribution >= 4 is 39.6 Å². The summed E-state index contributed by atoms with van der Waals surface area (Å²) in [6, 6.07) is 19.7. The number of rotatable bonds is 1. The first kappa shape index (κ1) is 17.3. The first-order valence-electron chi connectivity index (χ1n) is 9.43. The number of ketones is 1. The number of benzene rings is 3. The molecule has 0 fully saturated rings. The van der Waals surface area contributed by atoms with Gasteiger partial charge in [-0.05, 0) is 48.4 Å². The molecule has 3 aromatic rings. The average Bonchev–Trinajstić information content (AvgIpc) is 2.66. The van der Waals surface area contributed by atoms with Crippen LogP contribution in [0.1, 0.15) is 37.4 Å². The number of hydrogen-bond donors (Lipinski definition) is 1. The fourth-order valence-electron chi connectivity index (χ4n) is 4.22. The van der Waals surface area contributed by atoms with Gasteiger partial charge in [-0.2, -0.15) is 0 Å². The van der Waals surface area contributed by atoms with E-state index in [9.17, 15) is 4.79 Å². The van der Waals surface area contributed by atoms with Gasteiger partial charge in [-0.3, -0.25) is 4.79 Å². The molecule has 5 rings (SSSR count). The number of nitrogens with one attached hydrogen (secondary N) is 1. The Balaban J connectivity index is 1.79. The van der Waals surface area contributed by atoms with Gasteiger partial charge < -0.3 is 10.1 Å². The summed E-state index contributed by atoms with van der Waals surface area (Å²) in [7, 11) is 0. The van der Waals surface area contributed by atoms with Crippen molar-refractivity contribution < 1.29 is 9.53 Å².